The van der Waals surface area contributed by atoms with E-state index < -0.39 is 0 Å². The van der Waals surface area contributed by atoms with Crippen molar-refractivity contribution in [2.24, 2.45) is 0 Å². The highest BCUT2D eigenvalue weighted by Gasteiger charge is 2.40. The van der Waals surface area contributed by atoms with E-state index >= 15 is 0 Å². The molecule has 0 amide bonds. The standard InChI is InChI=1S/C34H49N5O3/c1-6-25-22-28-29(23-30(25)36-9-11-38-13-17-41-18-14-38)34(3,4)33(37-10-12-39-15-19-42-20-16-39)31(32(28)40)27-8-7-26(35-5)21-24(27)2/h7-8,21-23,35-37H,6,9-20H2,1-5H3. The summed E-state index contributed by atoms with van der Waals surface area (Å²) in [7, 11) is 1.93. The van der Waals surface area contributed by atoms with Crippen molar-refractivity contribution in [3.8, 4) is 0 Å². The lowest BCUT2D eigenvalue weighted by Crippen LogP contribution is -2.43. The van der Waals surface area contributed by atoms with Crippen LogP contribution in [0.2, 0.25) is 0 Å². The van der Waals surface area contributed by atoms with Crippen LogP contribution in [0.15, 0.2) is 36.0 Å². The second kappa shape index (κ2) is 13.6. The Bertz CT molecular complexity index is 1290. The van der Waals surface area contributed by atoms with E-state index in [1.165, 1.54) is 5.56 Å². The number of nitrogens with zero attached hydrogens (tertiary/aromatic N) is 2. The number of carbonyl (C=O) groups is 1. The van der Waals surface area contributed by atoms with Crippen LogP contribution in [0.1, 0.15) is 53.4 Å². The molecule has 0 atom stereocenters. The molecule has 0 radical (unpaired) electrons. The van der Waals surface area contributed by atoms with Crippen LogP contribution in [-0.4, -0.2) is 101 Å². The van der Waals surface area contributed by atoms with Gasteiger partial charge in [-0.15, -0.1) is 0 Å². The third-order valence-corrected chi connectivity index (χ3v) is 9.11. The van der Waals surface area contributed by atoms with E-state index in [0.717, 1.165) is 130 Å². The van der Waals surface area contributed by atoms with Crippen LogP contribution in [0.25, 0.3) is 5.57 Å². The van der Waals surface area contributed by atoms with Gasteiger partial charge in [-0.3, -0.25) is 14.6 Å². The van der Waals surface area contributed by atoms with Crippen molar-refractivity contribution in [1.82, 2.24) is 15.1 Å². The van der Waals surface area contributed by atoms with Gasteiger partial charge in [-0.1, -0.05) is 26.8 Å². The van der Waals surface area contributed by atoms with Gasteiger partial charge in [0.1, 0.15) is 0 Å². The highest BCUT2D eigenvalue weighted by molar-refractivity contribution is 6.32. The van der Waals surface area contributed by atoms with Gasteiger partial charge in [-0.2, -0.15) is 0 Å². The smallest absolute Gasteiger partial charge is 0.195 e. The molecule has 2 saturated heterocycles. The average molecular weight is 576 g/mol. The number of anilines is 2. The number of carbonyl (C=O) groups excluding carboxylic acids is 1. The first-order valence-electron chi connectivity index (χ1n) is 15.7. The number of benzene rings is 2. The highest BCUT2D eigenvalue weighted by atomic mass is 16.5. The molecule has 0 aromatic heterocycles. The number of hydrogen-bond donors (Lipinski definition) is 3. The Labute approximate surface area is 251 Å². The number of ether oxygens (including phenoxy) is 2. The Morgan fingerprint density at radius 3 is 2.05 bits per heavy atom. The molecule has 0 saturated carbocycles. The quantitative estimate of drug-likeness (QED) is 0.369. The molecule has 0 unspecified atom stereocenters. The fourth-order valence-corrected chi connectivity index (χ4v) is 6.51. The van der Waals surface area contributed by atoms with Crippen molar-refractivity contribution in [2.45, 2.75) is 39.5 Å². The zero-order valence-electron chi connectivity index (χ0n) is 26.2. The van der Waals surface area contributed by atoms with Crippen LogP contribution >= 0.6 is 0 Å². The largest absolute Gasteiger partial charge is 0.388 e. The summed E-state index contributed by atoms with van der Waals surface area (Å²) in [4.78, 5) is 19.4. The van der Waals surface area contributed by atoms with Crippen LogP contribution in [0.5, 0.6) is 0 Å². The normalized spacial score (nSPS) is 19.5. The summed E-state index contributed by atoms with van der Waals surface area (Å²) in [5.41, 5.74) is 8.78. The predicted molar refractivity (Wildman–Crippen MR) is 172 cm³/mol. The first kappa shape index (κ1) is 30.5. The molecule has 0 bridgehead atoms. The molecular weight excluding hydrogens is 526 g/mol. The van der Waals surface area contributed by atoms with Crippen molar-refractivity contribution < 1.29 is 14.3 Å². The van der Waals surface area contributed by atoms with E-state index in [1.54, 1.807) is 0 Å². The fourth-order valence-electron chi connectivity index (χ4n) is 6.51. The summed E-state index contributed by atoms with van der Waals surface area (Å²) in [6, 6.07) is 10.7. The van der Waals surface area contributed by atoms with Crippen LogP contribution in [0.3, 0.4) is 0 Å². The van der Waals surface area contributed by atoms with E-state index in [4.69, 9.17) is 9.47 Å². The molecule has 2 aromatic carbocycles. The van der Waals surface area contributed by atoms with E-state index in [0.29, 0.717) is 0 Å². The molecule has 2 fully saturated rings. The Kier molecular flexibility index (Phi) is 9.88. The lowest BCUT2D eigenvalue weighted by molar-refractivity contribution is 0.0386. The Balaban J connectivity index is 1.49. The lowest BCUT2D eigenvalue weighted by Gasteiger charge is -2.39. The molecule has 8 nitrogen and oxygen atoms in total. The molecule has 2 heterocycles. The van der Waals surface area contributed by atoms with Crippen LogP contribution < -0.4 is 16.0 Å². The summed E-state index contributed by atoms with van der Waals surface area (Å²) in [6.07, 6.45) is 0.862. The maximum Gasteiger partial charge on any atom is 0.195 e. The second-order valence-corrected chi connectivity index (χ2v) is 12.2. The first-order valence-corrected chi connectivity index (χ1v) is 15.7. The summed E-state index contributed by atoms with van der Waals surface area (Å²) in [5, 5.41) is 10.7. The minimum Gasteiger partial charge on any atom is -0.388 e. The third-order valence-electron chi connectivity index (χ3n) is 9.11. The summed E-state index contributed by atoms with van der Waals surface area (Å²) in [6.45, 7) is 19.4. The van der Waals surface area contributed by atoms with Gasteiger partial charge < -0.3 is 25.4 Å². The van der Waals surface area contributed by atoms with Gasteiger partial charge in [0, 0.05) is 93.0 Å². The molecular formula is C34H49N5O3. The Morgan fingerprint density at radius 1 is 0.857 bits per heavy atom. The van der Waals surface area contributed by atoms with Gasteiger partial charge in [0.25, 0.3) is 0 Å². The Hall–Kier alpha value is -2.91. The molecule has 42 heavy (non-hydrogen) atoms. The van der Waals surface area contributed by atoms with Crippen molar-refractivity contribution in [3.05, 3.63) is 63.8 Å². The monoisotopic (exact) mass is 575 g/mol. The van der Waals surface area contributed by atoms with Crippen LogP contribution in [0.4, 0.5) is 11.4 Å². The van der Waals surface area contributed by atoms with E-state index in [9.17, 15) is 4.79 Å². The molecule has 8 heteroatoms. The van der Waals surface area contributed by atoms with Crippen LogP contribution in [0, 0.1) is 6.92 Å². The SMILES string of the molecule is CCc1cc2c(cc1NCCN1CCOCC1)C(C)(C)C(NCCN1CCOCC1)=C(c1ccc(NC)cc1C)C2=O. The van der Waals surface area contributed by atoms with Crippen molar-refractivity contribution in [1.29, 1.82) is 0 Å². The number of ketones is 1. The molecule has 1 aliphatic carbocycles. The van der Waals surface area contributed by atoms with Crippen molar-refractivity contribution >= 4 is 22.7 Å². The number of Topliss-reactive ketones (excluding diaryl/α,β-unsaturated/α-hetero) is 1. The molecule has 2 aromatic rings. The van der Waals surface area contributed by atoms with Gasteiger partial charge in [0.05, 0.1) is 26.4 Å². The topological polar surface area (TPSA) is 78.1 Å². The zero-order chi connectivity index (χ0) is 29.7. The van der Waals surface area contributed by atoms with E-state index in [-0.39, 0.29) is 11.2 Å². The highest BCUT2D eigenvalue weighted by Crippen LogP contribution is 2.45. The van der Waals surface area contributed by atoms with Gasteiger partial charge in [-0.25, -0.2) is 0 Å². The summed E-state index contributed by atoms with van der Waals surface area (Å²) in [5.74, 6) is 0.105. The fraction of sp³-hybridized carbons (Fsp3) is 0.559. The predicted octanol–water partition coefficient (Wildman–Crippen LogP) is 4.15. The minimum atomic E-state index is -0.384. The summed E-state index contributed by atoms with van der Waals surface area (Å²) >= 11 is 0. The van der Waals surface area contributed by atoms with Gasteiger partial charge in [0.15, 0.2) is 5.78 Å². The van der Waals surface area contributed by atoms with Gasteiger partial charge in [0.2, 0.25) is 0 Å². The number of nitrogens with one attached hydrogen (secondary N) is 3. The maximum atomic E-state index is 14.5. The van der Waals surface area contributed by atoms with E-state index in [1.807, 2.05) is 7.05 Å². The first-order chi connectivity index (χ1) is 20.3. The minimum absolute atomic E-state index is 0.105. The van der Waals surface area contributed by atoms with Gasteiger partial charge in [-0.05, 0) is 59.9 Å². The number of aryl methyl sites for hydroxylation is 2. The van der Waals surface area contributed by atoms with Gasteiger partial charge >= 0.3 is 0 Å². The number of morpholine rings is 2. The maximum absolute atomic E-state index is 14.5. The molecule has 0 spiro atoms. The van der Waals surface area contributed by atoms with Crippen LogP contribution in [-0.2, 0) is 21.3 Å². The number of allylic oxidation sites excluding steroid dienone is 2. The van der Waals surface area contributed by atoms with E-state index in [2.05, 4.69) is 83.8 Å². The lowest BCUT2D eigenvalue weighted by atomic mass is 9.69. The molecule has 3 aliphatic rings. The molecule has 5 rings (SSSR count). The molecule has 3 N–H and O–H groups in total. The Morgan fingerprint density at radius 2 is 1.48 bits per heavy atom. The summed E-state index contributed by atoms with van der Waals surface area (Å²) < 4.78 is 11.1. The van der Waals surface area contributed by atoms with Crippen molar-refractivity contribution in [3.63, 3.8) is 0 Å². The van der Waals surface area contributed by atoms with Crippen molar-refractivity contribution in [2.75, 3.05) is 96.5 Å². The number of fused-ring (bicyclic) bond motifs is 1. The number of rotatable bonds is 11. The third kappa shape index (κ3) is 6.52. The molecule has 2 aliphatic heterocycles. The molecule has 228 valence electrons. The zero-order valence-corrected chi connectivity index (χ0v) is 26.2. The average Bonchev–Trinajstić information content (AvgIpc) is 3.01. The second-order valence-electron chi connectivity index (χ2n) is 12.2. The number of hydrogen-bond acceptors (Lipinski definition) is 8.